The second-order valence-corrected chi connectivity index (χ2v) is 9.15. The molecule has 1 aliphatic heterocycles. The van der Waals surface area contributed by atoms with E-state index in [1.165, 1.54) is 13.1 Å². The van der Waals surface area contributed by atoms with Gasteiger partial charge in [0.25, 0.3) is 5.91 Å². The number of likely N-dealkylation sites (N-methyl/N-ethyl adjacent to an activating group) is 1. The Kier molecular flexibility index (Phi) is 11.8. The number of carboxylic acids is 1. The zero-order valence-corrected chi connectivity index (χ0v) is 20.4. The van der Waals surface area contributed by atoms with Gasteiger partial charge >= 0.3 is 18.3 Å². The van der Waals surface area contributed by atoms with Crippen LogP contribution < -0.4 is 15.5 Å². The highest BCUT2D eigenvalue weighted by Crippen LogP contribution is 2.34. The molecule has 1 aliphatic rings. The van der Waals surface area contributed by atoms with Gasteiger partial charge in [0.1, 0.15) is 0 Å². The van der Waals surface area contributed by atoms with Crippen LogP contribution in [0.25, 0.3) is 0 Å². The fraction of sp³-hybridized carbons (Fsp3) is 0.650. The van der Waals surface area contributed by atoms with Gasteiger partial charge < -0.3 is 15.7 Å². The van der Waals surface area contributed by atoms with Crippen molar-refractivity contribution in [3.63, 3.8) is 0 Å². The van der Waals surface area contributed by atoms with E-state index in [0.29, 0.717) is 17.8 Å². The van der Waals surface area contributed by atoms with Crippen molar-refractivity contribution in [3.8, 4) is 0 Å². The van der Waals surface area contributed by atoms with Gasteiger partial charge in [-0.3, -0.25) is 14.5 Å². The summed E-state index contributed by atoms with van der Waals surface area (Å²) < 4.78 is 69.7. The first-order valence-corrected chi connectivity index (χ1v) is 11.5. The molecule has 2 rings (SSSR count). The van der Waals surface area contributed by atoms with Crippen LogP contribution in [0.1, 0.15) is 44.5 Å². The summed E-state index contributed by atoms with van der Waals surface area (Å²) in [6.07, 6.45) is -3.44. The highest BCUT2D eigenvalue weighted by Gasteiger charge is 2.38. The number of rotatable bonds is 7. The maximum Gasteiger partial charge on any atom is 0.490 e. The number of hydrogen-bond acceptors (Lipinski definition) is 7. The Hall–Kier alpha value is -2.75. The van der Waals surface area contributed by atoms with Gasteiger partial charge in [-0.2, -0.15) is 26.3 Å². The average molecular weight is 548 g/mol. The van der Waals surface area contributed by atoms with E-state index in [9.17, 15) is 35.9 Å². The van der Waals surface area contributed by atoms with Crippen molar-refractivity contribution in [2.75, 3.05) is 18.5 Å². The van der Waals surface area contributed by atoms with Crippen LogP contribution in [0.15, 0.2) is 12.2 Å². The number of aliphatic carboxylic acids is 1. The molecule has 0 aromatic carbocycles. The molecule has 0 radical (unpaired) electrons. The molecule has 3 N–H and O–H groups in total. The minimum Gasteiger partial charge on any atom is -0.475 e. The number of aromatic nitrogens is 2. The highest BCUT2D eigenvalue weighted by atomic mass is 32.1. The number of nitrogens with zero attached hydrogens (tertiary/aromatic N) is 3. The molecule has 1 saturated heterocycles. The number of piperidine rings is 1. The Labute approximate surface area is 206 Å². The minimum atomic E-state index is -5.08. The smallest absolute Gasteiger partial charge is 0.475 e. The molecule has 2 atom stereocenters. The van der Waals surface area contributed by atoms with E-state index in [1.807, 2.05) is 13.8 Å². The zero-order chi connectivity index (χ0) is 27.7. The van der Waals surface area contributed by atoms with Crippen molar-refractivity contribution < 1.29 is 45.8 Å². The van der Waals surface area contributed by atoms with Gasteiger partial charge in [0, 0.05) is 19.2 Å². The Morgan fingerprint density at radius 1 is 1.19 bits per heavy atom. The number of halogens is 6. The van der Waals surface area contributed by atoms with Crippen LogP contribution in [0.4, 0.5) is 31.5 Å². The maximum atomic E-state index is 12.7. The van der Waals surface area contributed by atoms with Crippen molar-refractivity contribution >= 4 is 34.3 Å². The van der Waals surface area contributed by atoms with Crippen LogP contribution in [0.2, 0.25) is 0 Å². The Morgan fingerprint density at radius 2 is 1.81 bits per heavy atom. The van der Waals surface area contributed by atoms with Gasteiger partial charge in [0.05, 0.1) is 6.04 Å². The van der Waals surface area contributed by atoms with E-state index in [1.54, 1.807) is 6.08 Å². The van der Waals surface area contributed by atoms with Crippen molar-refractivity contribution in [2.45, 2.75) is 64.0 Å². The summed E-state index contributed by atoms with van der Waals surface area (Å²) in [5.74, 6) is -3.14. The predicted molar refractivity (Wildman–Crippen MR) is 118 cm³/mol. The van der Waals surface area contributed by atoms with Gasteiger partial charge in [-0.15, -0.1) is 10.2 Å². The number of hydrogen-bond donors (Lipinski definition) is 3. The first-order valence-electron chi connectivity index (χ1n) is 10.7. The lowest BCUT2D eigenvalue weighted by atomic mass is 10.0. The predicted octanol–water partition coefficient (Wildman–Crippen LogP) is 3.38. The van der Waals surface area contributed by atoms with E-state index >= 15 is 0 Å². The lowest BCUT2D eigenvalue weighted by Crippen LogP contribution is -2.49. The van der Waals surface area contributed by atoms with Crippen molar-refractivity contribution in [3.05, 3.63) is 17.2 Å². The molecule has 1 aromatic heterocycles. The molecule has 0 unspecified atom stereocenters. The largest absolute Gasteiger partial charge is 0.490 e. The molecule has 2 heterocycles. The number of amides is 2. The van der Waals surface area contributed by atoms with E-state index in [0.717, 1.165) is 30.7 Å². The quantitative estimate of drug-likeness (QED) is 0.353. The van der Waals surface area contributed by atoms with Gasteiger partial charge in [-0.05, 0) is 31.7 Å². The van der Waals surface area contributed by atoms with Crippen LogP contribution in [-0.2, 0) is 20.6 Å². The molecule has 0 saturated carbocycles. The number of carbonyl (C=O) groups excluding carboxylic acids is 2. The van der Waals surface area contributed by atoms with Crippen molar-refractivity contribution in [1.82, 2.24) is 20.8 Å². The molecule has 1 fully saturated rings. The fourth-order valence-corrected chi connectivity index (χ4v) is 3.60. The standard InChI is InChI=1S/C18H26F3N5O2S.C2HF3O2/c1-11(2)10-12(23-15(28)13-6-4-5-9-22-13)7-8-14(27)26(3)17-25-24-16(29-17)18(19,20)21;3-2(4,5)1(6)7/h7-8,11-13,22H,4-6,9-10H2,1-3H3,(H,23,28);(H,6,7)/t12-,13+;/m1./s1. The Bertz CT molecular complexity index is 913. The summed E-state index contributed by atoms with van der Waals surface area (Å²) in [7, 11) is 1.33. The number of alkyl halides is 6. The molecule has 1 aromatic rings. The molecule has 16 heteroatoms. The number of carboxylic acid groups (broad SMARTS) is 1. The van der Waals surface area contributed by atoms with E-state index < -0.39 is 29.2 Å². The Morgan fingerprint density at radius 3 is 2.25 bits per heavy atom. The van der Waals surface area contributed by atoms with E-state index in [2.05, 4.69) is 20.8 Å². The lowest BCUT2D eigenvalue weighted by Gasteiger charge is -2.25. The van der Waals surface area contributed by atoms with E-state index in [-0.39, 0.29) is 29.0 Å². The van der Waals surface area contributed by atoms with Crippen molar-refractivity contribution in [1.29, 1.82) is 0 Å². The van der Waals surface area contributed by atoms with Crippen LogP contribution in [0.5, 0.6) is 0 Å². The molecular weight excluding hydrogens is 520 g/mol. The van der Waals surface area contributed by atoms with E-state index in [4.69, 9.17) is 9.90 Å². The van der Waals surface area contributed by atoms with Gasteiger partial charge in [0.15, 0.2) is 0 Å². The second kappa shape index (κ2) is 13.5. The lowest BCUT2D eigenvalue weighted by molar-refractivity contribution is -0.192. The topological polar surface area (TPSA) is 125 Å². The SMILES string of the molecule is CC(C)C[C@@H](C=CC(=O)N(C)c1nnc(C(F)(F)F)s1)NC(=O)[C@@H]1CCCCN1.O=C(O)C(F)(F)F. The molecule has 0 spiro atoms. The monoisotopic (exact) mass is 547 g/mol. The third-order valence-corrected chi connectivity index (χ3v) is 5.71. The van der Waals surface area contributed by atoms with Crippen LogP contribution in [-0.4, -0.2) is 64.9 Å². The fourth-order valence-electron chi connectivity index (χ4n) is 2.92. The number of carbonyl (C=O) groups is 3. The minimum absolute atomic E-state index is 0.111. The molecule has 9 nitrogen and oxygen atoms in total. The number of nitrogens with one attached hydrogen (secondary N) is 2. The molecular formula is C20H27F6N5O4S. The third kappa shape index (κ3) is 10.9. The average Bonchev–Trinajstić information content (AvgIpc) is 3.27. The van der Waals surface area contributed by atoms with Crippen LogP contribution in [0.3, 0.4) is 0 Å². The molecule has 0 aliphatic carbocycles. The first-order chi connectivity index (χ1) is 16.5. The molecule has 2 amide bonds. The summed E-state index contributed by atoms with van der Waals surface area (Å²) in [6, 6.07) is -0.601. The van der Waals surface area contributed by atoms with Crippen LogP contribution >= 0.6 is 11.3 Å². The summed E-state index contributed by atoms with van der Waals surface area (Å²) in [5, 5.41) is 18.5. The van der Waals surface area contributed by atoms with Gasteiger partial charge in [0.2, 0.25) is 16.0 Å². The summed E-state index contributed by atoms with van der Waals surface area (Å²) in [5.41, 5.74) is 0. The molecule has 36 heavy (non-hydrogen) atoms. The highest BCUT2D eigenvalue weighted by molar-refractivity contribution is 7.15. The second-order valence-electron chi connectivity index (χ2n) is 8.19. The zero-order valence-electron chi connectivity index (χ0n) is 19.6. The third-order valence-electron chi connectivity index (χ3n) is 4.67. The normalized spacial score (nSPS) is 17.3. The maximum absolute atomic E-state index is 12.7. The van der Waals surface area contributed by atoms with Crippen molar-refractivity contribution in [2.24, 2.45) is 5.92 Å². The van der Waals surface area contributed by atoms with Gasteiger partial charge in [-0.25, -0.2) is 4.79 Å². The summed E-state index contributed by atoms with van der Waals surface area (Å²) in [4.78, 5) is 34.7. The molecule has 204 valence electrons. The summed E-state index contributed by atoms with van der Waals surface area (Å²) >= 11 is 0.297. The summed E-state index contributed by atoms with van der Waals surface area (Å²) in [6.45, 7) is 4.80. The van der Waals surface area contributed by atoms with Gasteiger partial charge in [-0.1, -0.05) is 37.7 Å². The molecule has 0 bridgehead atoms. The Balaban J connectivity index is 0.000000809. The first kappa shape index (κ1) is 31.3. The van der Waals surface area contributed by atoms with Crippen LogP contribution in [0, 0.1) is 5.92 Å². The number of anilines is 1.